The summed E-state index contributed by atoms with van der Waals surface area (Å²) in [5.74, 6) is 1.91. The molecule has 2 fully saturated rings. The fraction of sp³-hybridized carbons (Fsp3) is 0.867. The van der Waals surface area contributed by atoms with Crippen LogP contribution < -0.4 is 0 Å². The lowest BCUT2D eigenvalue weighted by Gasteiger charge is -2.28. The maximum atomic E-state index is 2.52. The first-order valence-corrected chi connectivity index (χ1v) is 7.31. The van der Waals surface area contributed by atoms with E-state index in [2.05, 4.69) is 24.1 Å². The molecule has 0 aromatic carbocycles. The molecule has 1 saturated carbocycles. The molecule has 1 heterocycles. The monoisotopic (exact) mass is 221 g/mol. The van der Waals surface area contributed by atoms with Crippen LogP contribution in [0.4, 0.5) is 0 Å². The first-order valence-electron chi connectivity index (χ1n) is 7.31. The second-order valence-corrected chi connectivity index (χ2v) is 5.63. The van der Waals surface area contributed by atoms with E-state index in [9.17, 15) is 0 Å². The molecule has 1 aliphatic carbocycles. The molecule has 0 amide bonds. The van der Waals surface area contributed by atoms with E-state index in [4.69, 9.17) is 0 Å². The van der Waals surface area contributed by atoms with Gasteiger partial charge in [0.05, 0.1) is 0 Å². The number of allylic oxidation sites excluding steroid dienone is 1. The van der Waals surface area contributed by atoms with Crippen LogP contribution in [0.15, 0.2) is 12.3 Å². The second-order valence-electron chi connectivity index (χ2n) is 5.63. The molecule has 1 nitrogen and oxygen atoms in total. The summed E-state index contributed by atoms with van der Waals surface area (Å²) in [6.45, 7) is 4.93. The average molecular weight is 221 g/mol. The van der Waals surface area contributed by atoms with E-state index in [1.807, 2.05) is 0 Å². The summed E-state index contributed by atoms with van der Waals surface area (Å²) in [7, 11) is 0. The Labute approximate surface area is 101 Å². The van der Waals surface area contributed by atoms with Crippen molar-refractivity contribution in [2.45, 2.75) is 58.3 Å². The summed E-state index contributed by atoms with van der Waals surface area (Å²) in [5, 5.41) is 0. The highest BCUT2D eigenvalue weighted by Crippen LogP contribution is 2.31. The van der Waals surface area contributed by atoms with Crippen LogP contribution >= 0.6 is 0 Å². The molecule has 1 saturated heterocycles. The van der Waals surface area contributed by atoms with E-state index >= 15 is 0 Å². The third-order valence-electron chi connectivity index (χ3n) is 4.43. The van der Waals surface area contributed by atoms with Crippen LogP contribution in [0.1, 0.15) is 58.3 Å². The minimum absolute atomic E-state index is 0.879. The lowest BCUT2D eigenvalue weighted by Crippen LogP contribution is -2.24. The highest BCUT2D eigenvalue weighted by Gasteiger charge is 2.18. The van der Waals surface area contributed by atoms with Crippen molar-refractivity contribution in [3.8, 4) is 0 Å². The highest BCUT2D eigenvalue weighted by molar-refractivity contribution is 4.91. The maximum absolute atomic E-state index is 2.52. The number of piperidine rings is 1. The van der Waals surface area contributed by atoms with Crippen LogP contribution in [-0.4, -0.2) is 18.0 Å². The highest BCUT2D eigenvalue weighted by atomic mass is 15.1. The van der Waals surface area contributed by atoms with Crippen LogP contribution in [0.5, 0.6) is 0 Å². The van der Waals surface area contributed by atoms with Gasteiger partial charge >= 0.3 is 0 Å². The molecule has 0 radical (unpaired) electrons. The van der Waals surface area contributed by atoms with Crippen LogP contribution in [0.2, 0.25) is 0 Å². The van der Waals surface area contributed by atoms with Gasteiger partial charge in [-0.3, -0.25) is 0 Å². The van der Waals surface area contributed by atoms with Crippen molar-refractivity contribution < 1.29 is 0 Å². The van der Waals surface area contributed by atoms with Crippen LogP contribution in [0.3, 0.4) is 0 Å². The van der Waals surface area contributed by atoms with Gasteiger partial charge in [-0.05, 0) is 63.0 Å². The van der Waals surface area contributed by atoms with E-state index in [0.29, 0.717) is 0 Å². The van der Waals surface area contributed by atoms with Gasteiger partial charge in [-0.2, -0.15) is 0 Å². The molecule has 0 N–H and O–H groups in total. The molecule has 0 aromatic rings. The Balaban J connectivity index is 1.71. The molecule has 1 aliphatic heterocycles. The number of nitrogens with zero attached hydrogens (tertiary/aromatic N) is 1. The molecule has 0 bridgehead atoms. The first kappa shape index (κ1) is 12.0. The smallest absolute Gasteiger partial charge is 0.0172 e. The Hall–Kier alpha value is -0.460. The molecule has 92 valence electrons. The lowest BCUT2D eigenvalue weighted by atomic mass is 9.81. The molecule has 0 atom stereocenters. The molecule has 16 heavy (non-hydrogen) atoms. The van der Waals surface area contributed by atoms with Crippen molar-refractivity contribution in [1.29, 1.82) is 0 Å². The third kappa shape index (κ3) is 3.54. The quantitative estimate of drug-likeness (QED) is 0.690. The van der Waals surface area contributed by atoms with Gasteiger partial charge in [-0.15, -0.1) is 0 Å². The van der Waals surface area contributed by atoms with Crippen LogP contribution in [0.25, 0.3) is 0 Å². The number of rotatable bonds is 3. The molecule has 1 heteroatoms. The zero-order valence-electron chi connectivity index (χ0n) is 10.8. The third-order valence-corrected chi connectivity index (χ3v) is 4.43. The van der Waals surface area contributed by atoms with Crippen molar-refractivity contribution >= 4 is 0 Å². The Bertz CT molecular complexity index is 207. The van der Waals surface area contributed by atoms with Crippen molar-refractivity contribution in [3.63, 3.8) is 0 Å². The summed E-state index contributed by atoms with van der Waals surface area (Å²) < 4.78 is 0. The van der Waals surface area contributed by atoms with Gasteiger partial charge < -0.3 is 4.90 Å². The molecule has 0 spiro atoms. The summed E-state index contributed by atoms with van der Waals surface area (Å²) in [5.41, 5.74) is 0. The van der Waals surface area contributed by atoms with Gasteiger partial charge in [0.25, 0.3) is 0 Å². The average Bonchev–Trinajstić information content (AvgIpc) is 2.38. The fourth-order valence-corrected chi connectivity index (χ4v) is 3.10. The Morgan fingerprint density at radius 2 is 1.69 bits per heavy atom. The molecule has 0 aromatic heterocycles. The molecular formula is C15H27N. The minimum Gasteiger partial charge on any atom is -0.378 e. The van der Waals surface area contributed by atoms with Crippen molar-refractivity contribution in [2.24, 2.45) is 11.8 Å². The van der Waals surface area contributed by atoms with Crippen molar-refractivity contribution in [1.82, 2.24) is 4.90 Å². The van der Waals surface area contributed by atoms with Crippen LogP contribution in [-0.2, 0) is 0 Å². The van der Waals surface area contributed by atoms with E-state index in [1.54, 1.807) is 0 Å². The standard InChI is InChI=1S/C15H27N/c1-2-14-6-8-15(9-7-14)10-13-16-11-4-3-5-12-16/h10,13-15H,2-9,11-12H2,1H3/b13-10+/t14-,15-. The van der Waals surface area contributed by atoms with Gasteiger partial charge in [0, 0.05) is 13.1 Å². The van der Waals surface area contributed by atoms with E-state index in [1.165, 1.54) is 64.5 Å². The predicted octanol–water partition coefficient (Wildman–Crippen LogP) is 4.20. The summed E-state index contributed by atoms with van der Waals surface area (Å²) in [6, 6.07) is 0. The second kappa shape index (κ2) is 6.32. The molecule has 0 unspecified atom stereocenters. The lowest BCUT2D eigenvalue weighted by molar-refractivity contribution is 0.289. The zero-order chi connectivity index (χ0) is 11.2. The van der Waals surface area contributed by atoms with Crippen LogP contribution in [0, 0.1) is 11.8 Å². The van der Waals surface area contributed by atoms with Gasteiger partial charge in [-0.1, -0.05) is 19.4 Å². The van der Waals surface area contributed by atoms with E-state index in [-0.39, 0.29) is 0 Å². The SMILES string of the molecule is CC[C@H]1CC[C@H](/C=C/N2CCCCC2)CC1. The van der Waals surface area contributed by atoms with Crippen molar-refractivity contribution in [2.75, 3.05) is 13.1 Å². The largest absolute Gasteiger partial charge is 0.378 e. The van der Waals surface area contributed by atoms with Gasteiger partial charge in [0.2, 0.25) is 0 Å². The topological polar surface area (TPSA) is 3.24 Å². The fourth-order valence-electron chi connectivity index (χ4n) is 3.10. The maximum Gasteiger partial charge on any atom is 0.0172 e. The summed E-state index contributed by atoms with van der Waals surface area (Å²) >= 11 is 0. The van der Waals surface area contributed by atoms with E-state index in [0.717, 1.165) is 11.8 Å². The molecular weight excluding hydrogens is 194 g/mol. The van der Waals surface area contributed by atoms with Gasteiger partial charge in [0.1, 0.15) is 0 Å². The summed E-state index contributed by atoms with van der Waals surface area (Å²) in [6.07, 6.45) is 16.3. The Morgan fingerprint density at radius 3 is 2.31 bits per heavy atom. The first-order chi connectivity index (χ1) is 7.88. The number of hydrogen-bond acceptors (Lipinski definition) is 1. The Kier molecular flexibility index (Phi) is 4.74. The zero-order valence-corrected chi connectivity index (χ0v) is 10.8. The van der Waals surface area contributed by atoms with E-state index < -0.39 is 0 Å². The van der Waals surface area contributed by atoms with Gasteiger partial charge in [-0.25, -0.2) is 0 Å². The van der Waals surface area contributed by atoms with Gasteiger partial charge in [0.15, 0.2) is 0 Å². The molecule has 2 rings (SSSR count). The Morgan fingerprint density at radius 1 is 1.00 bits per heavy atom. The normalized spacial score (nSPS) is 32.2. The number of likely N-dealkylation sites (tertiary alicyclic amines) is 1. The molecule has 2 aliphatic rings. The number of hydrogen-bond donors (Lipinski definition) is 0. The predicted molar refractivity (Wildman–Crippen MR) is 70.3 cm³/mol. The summed E-state index contributed by atoms with van der Waals surface area (Å²) in [4.78, 5) is 2.52. The van der Waals surface area contributed by atoms with Crippen molar-refractivity contribution in [3.05, 3.63) is 12.3 Å². The minimum atomic E-state index is 0.879.